The zero-order chi connectivity index (χ0) is 35.1. The van der Waals surface area contributed by atoms with Crippen molar-refractivity contribution in [3.05, 3.63) is 24.3 Å². The van der Waals surface area contributed by atoms with Crippen LogP contribution in [0.1, 0.15) is 149 Å². The molecule has 0 aliphatic heterocycles. The lowest BCUT2D eigenvalue weighted by molar-refractivity contribution is -0.870. The molecule has 0 aromatic heterocycles. The maximum atomic E-state index is 12.6. The Hall–Kier alpha value is -1.51. The van der Waals surface area contributed by atoms with Gasteiger partial charge >= 0.3 is 11.9 Å². The first-order valence-electron chi connectivity index (χ1n) is 18.5. The summed E-state index contributed by atoms with van der Waals surface area (Å²) in [5.41, 5.74) is 0. The molecule has 0 aliphatic carbocycles. The van der Waals surface area contributed by atoms with E-state index in [2.05, 4.69) is 38.2 Å². The second-order valence-electron chi connectivity index (χ2n) is 13.6. The largest absolute Gasteiger partial charge is 0.756 e. The van der Waals surface area contributed by atoms with Gasteiger partial charge in [0.05, 0.1) is 27.7 Å². The number of hydrogen-bond acceptors (Lipinski definition) is 8. The van der Waals surface area contributed by atoms with Crippen LogP contribution >= 0.6 is 7.82 Å². The van der Waals surface area contributed by atoms with Gasteiger partial charge in [-0.1, -0.05) is 122 Å². The molecule has 0 radical (unpaired) electrons. The number of esters is 2. The Balaban J connectivity index is 4.48. The molecule has 47 heavy (non-hydrogen) atoms. The van der Waals surface area contributed by atoms with Crippen molar-refractivity contribution in [2.24, 2.45) is 0 Å². The van der Waals surface area contributed by atoms with Crippen molar-refractivity contribution in [2.45, 2.75) is 155 Å². The first-order valence-corrected chi connectivity index (χ1v) is 20.0. The second kappa shape index (κ2) is 30.5. The van der Waals surface area contributed by atoms with Crippen molar-refractivity contribution in [3.8, 4) is 0 Å². The summed E-state index contributed by atoms with van der Waals surface area (Å²) in [5.74, 6) is -0.855. The van der Waals surface area contributed by atoms with E-state index in [0.717, 1.165) is 64.2 Å². The van der Waals surface area contributed by atoms with Crippen LogP contribution in [0.3, 0.4) is 0 Å². The molecule has 276 valence electrons. The Bertz CT molecular complexity index is 871. The number of ether oxygens (including phenoxy) is 2. The van der Waals surface area contributed by atoms with Crippen molar-refractivity contribution in [1.29, 1.82) is 0 Å². The van der Waals surface area contributed by atoms with Gasteiger partial charge in [-0.15, -0.1) is 0 Å². The monoisotopic (exact) mass is 687 g/mol. The number of carbonyl (C=O) groups excluding carboxylic acids is 2. The maximum Gasteiger partial charge on any atom is 0.306 e. The molecule has 9 nitrogen and oxygen atoms in total. The minimum Gasteiger partial charge on any atom is -0.756 e. The molecular formula is C37H70NO8P. The highest BCUT2D eigenvalue weighted by atomic mass is 31.2. The average molecular weight is 688 g/mol. The van der Waals surface area contributed by atoms with E-state index < -0.39 is 32.5 Å². The minimum atomic E-state index is -4.61. The van der Waals surface area contributed by atoms with E-state index in [0.29, 0.717) is 17.4 Å². The normalized spacial score (nSPS) is 14.1. The number of carbonyl (C=O) groups is 2. The molecule has 0 aromatic carbocycles. The Kier molecular flexibility index (Phi) is 29.6. The molecule has 0 amide bonds. The van der Waals surface area contributed by atoms with Gasteiger partial charge in [-0.25, -0.2) is 0 Å². The van der Waals surface area contributed by atoms with E-state index in [1.165, 1.54) is 51.4 Å². The van der Waals surface area contributed by atoms with Crippen LogP contribution in [0.15, 0.2) is 24.3 Å². The number of nitrogens with zero attached hydrogens (tertiary/aromatic N) is 1. The van der Waals surface area contributed by atoms with Gasteiger partial charge in [0.1, 0.15) is 19.8 Å². The third-order valence-electron chi connectivity index (χ3n) is 7.72. The fourth-order valence-corrected chi connectivity index (χ4v) is 5.46. The highest BCUT2D eigenvalue weighted by Crippen LogP contribution is 2.38. The molecule has 10 heteroatoms. The van der Waals surface area contributed by atoms with Crippen LogP contribution in [0, 0.1) is 0 Å². The predicted molar refractivity (Wildman–Crippen MR) is 190 cm³/mol. The molecule has 0 saturated heterocycles. The topological polar surface area (TPSA) is 111 Å². The van der Waals surface area contributed by atoms with Crippen molar-refractivity contribution >= 4 is 19.8 Å². The predicted octanol–water partition coefficient (Wildman–Crippen LogP) is 8.99. The molecule has 0 aromatic rings. The Morgan fingerprint density at radius 1 is 0.660 bits per heavy atom. The number of hydrogen-bond donors (Lipinski definition) is 0. The summed E-state index contributed by atoms with van der Waals surface area (Å²) >= 11 is 0. The molecule has 1 unspecified atom stereocenters. The second-order valence-corrected chi connectivity index (χ2v) is 15.0. The first kappa shape index (κ1) is 45.5. The third kappa shape index (κ3) is 34.2. The number of allylic oxidation sites excluding steroid dienone is 4. The molecule has 0 bridgehead atoms. The summed E-state index contributed by atoms with van der Waals surface area (Å²) < 4.78 is 33.6. The van der Waals surface area contributed by atoms with E-state index >= 15 is 0 Å². The van der Waals surface area contributed by atoms with Gasteiger partial charge in [0.2, 0.25) is 0 Å². The maximum absolute atomic E-state index is 12.6. The van der Waals surface area contributed by atoms with E-state index in [9.17, 15) is 19.0 Å². The highest BCUT2D eigenvalue weighted by Gasteiger charge is 2.21. The smallest absolute Gasteiger partial charge is 0.306 e. The zero-order valence-corrected chi connectivity index (χ0v) is 31.6. The van der Waals surface area contributed by atoms with Gasteiger partial charge in [-0.05, 0) is 38.5 Å². The van der Waals surface area contributed by atoms with Gasteiger partial charge in [-0.2, -0.15) is 0 Å². The van der Waals surface area contributed by atoms with Gasteiger partial charge in [-0.3, -0.25) is 14.2 Å². The lowest BCUT2D eigenvalue weighted by atomic mass is 10.1. The zero-order valence-electron chi connectivity index (χ0n) is 30.7. The molecule has 0 N–H and O–H groups in total. The molecule has 0 fully saturated rings. The van der Waals surface area contributed by atoms with Crippen molar-refractivity contribution in [3.63, 3.8) is 0 Å². The summed E-state index contributed by atoms with van der Waals surface area (Å²) in [4.78, 5) is 37.2. The van der Waals surface area contributed by atoms with Crippen LogP contribution in [0.2, 0.25) is 0 Å². The number of unbranched alkanes of at least 4 members (excludes halogenated alkanes) is 15. The molecule has 2 atom stereocenters. The summed E-state index contributed by atoms with van der Waals surface area (Å²) in [7, 11) is 1.15. The van der Waals surface area contributed by atoms with Crippen molar-refractivity contribution < 1.29 is 42.1 Å². The van der Waals surface area contributed by atoms with E-state index in [-0.39, 0.29) is 26.1 Å². The molecule has 0 rings (SSSR count). The molecule has 0 heterocycles. The Labute approximate surface area is 288 Å². The third-order valence-corrected chi connectivity index (χ3v) is 8.69. The number of rotatable bonds is 33. The summed E-state index contributed by atoms with van der Waals surface area (Å²) in [5, 5.41) is 0. The van der Waals surface area contributed by atoms with E-state index in [1.807, 2.05) is 21.1 Å². The Morgan fingerprint density at radius 3 is 1.74 bits per heavy atom. The minimum absolute atomic E-state index is 0.0325. The lowest BCUT2D eigenvalue weighted by Gasteiger charge is -2.28. The average Bonchev–Trinajstić information content (AvgIpc) is 3.01. The quantitative estimate of drug-likeness (QED) is 0.0221. The fourth-order valence-electron chi connectivity index (χ4n) is 4.73. The summed E-state index contributed by atoms with van der Waals surface area (Å²) in [6, 6.07) is 0. The highest BCUT2D eigenvalue weighted by molar-refractivity contribution is 7.45. The van der Waals surface area contributed by atoms with E-state index in [1.54, 1.807) is 0 Å². The lowest BCUT2D eigenvalue weighted by Crippen LogP contribution is -2.37. The van der Waals surface area contributed by atoms with Gasteiger partial charge in [0.15, 0.2) is 6.10 Å². The summed E-state index contributed by atoms with van der Waals surface area (Å²) in [6.07, 6.45) is 29.2. The standard InChI is InChI=1S/C37H70NO8P/c1-6-8-10-12-14-16-17-18-19-20-22-24-26-28-30-37(40)46-35(34-45-47(41,42)44-32-31-38(3,4)5)33-43-36(39)29-27-25-23-21-15-13-11-9-7-2/h12,14,17-18,35H,6-11,13,15-16,19-34H2,1-5H3/b14-12-,18-17-/t35-/m1/s1. The molecule has 0 spiro atoms. The van der Waals surface area contributed by atoms with Crippen LogP contribution in [-0.2, 0) is 32.7 Å². The van der Waals surface area contributed by atoms with Gasteiger partial charge in [0, 0.05) is 12.8 Å². The SMILES string of the molecule is CCCC/C=C\C/C=C\CCCCCCCC(=O)O[C@H](COC(=O)CCCCCCCCCCC)COP(=O)([O-])OCC[N+](C)(C)C. The number of phosphoric acid groups is 1. The van der Waals surface area contributed by atoms with E-state index in [4.69, 9.17) is 18.5 Å². The molecule has 0 saturated carbocycles. The van der Waals surface area contributed by atoms with Crippen LogP contribution in [-0.4, -0.2) is 70.0 Å². The van der Waals surface area contributed by atoms with Gasteiger partial charge < -0.3 is 27.9 Å². The first-order chi connectivity index (χ1) is 22.5. The summed E-state index contributed by atoms with van der Waals surface area (Å²) in [6.45, 7) is 4.12. The van der Waals surface area contributed by atoms with Crippen molar-refractivity contribution in [1.82, 2.24) is 0 Å². The Morgan fingerprint density at radius 2 is 1.17 bits per heavy atom. The van der Waals surface area contributed by atoms with Crippen LogP contribution in [0.5, 0.6) is 0 Å². The number of quaternary nitrogens is 1. The number of likely N-dealkylation sites (N-methyl/N-ethyl adjacent to an activating group) is 1. The van der Waals surface area contributed by atoms with Crippen LogP contribution < -0.4 is 4.89 Å². The fraction of sp³-hybridized carbons (Fsp3) is 0.838. The van der Waals surface area contributed by atoms with Gasteiger partial charge in [0.25, 0.3) is 7.82 Å². The van der Waals surface area contributed by atoms with Crippen LogP contribution in [0.4, 0.5) is 0 Å². The van der Waals surface area contributed by atoms with Crippen LogP contribution in [0.25, 0.3) is 0 Å². The number of phosphoric ester groups is 1. The van der Waals surface area contributed by atoms with Crippen molar-refractivity contribution in [2.75, 3.05) is 47.5 Å². The molecule has 0 aliphatic rings. The molecular weight excluding hydrogens is 617 g/mol.